The highest BCUT2D eigenvalue weighted by Crippen LogP contribution is 2.33. The molecule has 3 nitrogen and oxygen atoms in total. The molecule has 0 spiro atoms. The van der Waals surface area contributed by atoms with Crippen LogP contribution >= 0.6 is 0 Å². The predicted octanol–water partition coefficient (Wildman–Crippen LogP) is 4.56. The van der Waals surface area contributed by atoms with Gasteiger partial charge in [0.1, 0.15) is 5.75 Å². The molecule has 0 saturated heterocycles. The van der Waals surface area contributed by atoms with Gasteiger partial charge in [0, 0.05) is 0 Å². The summed E-state index contributed by atoms with van der Waals surface area (Å²) < 4.78 is 48.0. The monoisotopic (exact) mass is 324 g/mol. The molecule has 0 fully saturated rings. The van der Waals surface area contributed by atoms with Crippen LogP contribution in [0.5, 0.6) is 5.75 Å². The SMILES string of the molecule is CCOC(=O)c1cc(OC)ccc1-c1ccc(C(F)(F)F)cc1. The van der Waals surface area contributed by atoms with E-state index in [1.54, 1.807) is 19.1 Å². The van der Waals surface area contributed by atoms with Crippen LogP contribution < -0.4 is 4.74 Å². The molecule has 0 aromatic heterocycles. The van der Waals surface area contributed by atoms with Crippen LogP contribution in [0.25, 0.3) is 11.1 Å². The summed E-state index contributed by atoms with van der Waals surface area (Å²) in [5, 5.41) is 0. The highest BCUT2D eigenvalue weighted by atomic mass is 19.4. The molecule has 2 aromatic carbocycles. The number of methoxy groups -OCH3 is 1. The Bertz CT molecular complexity index is 691. The minimum absolute atomic E-state index is 0.197. The lowest BCUT2D eigenvalue weighted by Crippen LogP contribution is -2.07. The molecule has 0 aliphatic heterocycles. The van der Waals surface area contributed by atoms with Gasteiger partial charge < -0.3 is 9.47 Å². The van der Waals surface area contributed by atoms with E-state index in [4.69, 9.17) is 9.47 Å². The molecule has 0 saturated carbocycles. The zero-order valence-corrected chi connectivity index (χ0v) is 12.6. The van der Waals surface area contributed by atoms with Crippen molar-refractivity contribution in [2.24, 2.45) is 0 Å². The van der Waals surface area contributed by atoms with Gasteiger partial charge in [-0.3, -0.25) is 0 Å². The number of halogens is 3. The van der Waals surface area contributed by atoms with Gasteiger partial charge in [-0.05, 0) is 48.4 Å². The van der Waals surface area contributed by atoms with Gasteiger partial charge in [-0.1, -0.05) is 12.1 Å². The number of hydrogen-bond acceptors (Lipinski definition) is 3. The first-order valence-corrected chi connectivity index (χ1v) is 6.89. The lowest BCUT2D eigenvalue weighted by Gasteiger charge is -2.12. The summed E-state index contributed by atoms with van der Waals surface area (Å²) in [7, 11) is 1.46. The molecule has 0 aliphatic carbocycles. The topological polar surface area (TPSA) is 35.5 Å². The van der Waals surface area contributed by atoms with Crippen LogP contribution in [-0.2, 0) is 10.9 Å². The van der Waals surface area contributed by atoms with Crippen LogP contribution in [0, 0.1) is 0 Å². The zero-order valence-electron chi connectivity index (χ0n) is 12.6. The first-order chi connectivity index (χ1) is 10.9. The lowest BCUT2D eigenvalue weighted by atomic mass is 9.98. The Kier molecular flexibility index (Phi) is 4.93. The van der Waals surface area contributed by atoms with Gasteiger partial charge in [-0.15, -0.1) is 0 Å². The maximum absolute atomic E-state index is 12.6. The summed E-state index contributed by atoms with van der Waals surface area (Å²) in [6, 6.07) is 9.37. The number of esters is 1. The third-order valence-corrected chi connectivity index (χ3v) is 3.25. The van der Waals surface area contributed by atoms with E-state index in [9.17, 15) is 18.0 Å². The van der Waals surface area contributed by atoms with Crippen molar-refractivity contribution in [1.82, 2.24) is 0 Å². The van der Waals surface area contributed by atoms with Crippen molar-refractivity contribution in [1.29, 1.82) is 0 Å². The number of rotatable bonds is 4. The van der Waals surface area contributed by atoms with Crippen LogP contribution in [0.15, 0.2) is 42.5 Å². The van der Waals surface area contributed by atoms with E-state index in [2.05, 4.69) is 0 Å². The summed E-state index contributed by atoms with van der Waals surface area (Å²) >= 11 is 0. The van der Waals surface area contributed by atoms with Crippen molar-refractivity contribution in [3.05, 3.63) is 53.6 Å². The maximum atomic E-state index is 12.6. The lowest BCUT2D eigenvalue weighted by molar-refractivity contribution is -0.137. The van der Waals surface area contributed by atoms with Crippen LogP contribution in [0.2, 0.25) is 0 Å². The summed E-state index contributed by atoms with van der Waals surface area (Å²) in [5.74, 6) is -0.0926. The highest BCUT2D eigenvalue weighted by molar-refractivity contribution is 5.97. The molecule has 0 atom stereocenters. The molecule has 0 radical (unpaired) electrons. The standard InChI is InChI=1S/C17H15F3O3/c1-3-23-16(21)15-10-13(22-2)8-9-14(15)11-4-6-12(7-5-11)17(18,19)20/h4-10H,3H2,1-2H3. The Labute approximate surface area is 131 Å². The predicted molar refractivity (Wildman–Crippen MR) is 79.4 cm³/mol. The number of carbonyl (C=O) groups is 1. The minimum Gasteiger partial charge on any atom is -0.497 e. The van der Waals surface area contributed by atoms with Crippen LogP contribution in [-0.4, -0.2) is 19.7 Å². The van der Waals surface area contributed by atoms with E-state index in [0.29, 0.717) is 16.9 Å². The van der Waals surface area contributed by atoms with Gasteiger partial charge in [0.2, 0.25) is 0 Å². The Balaban J connectivity index is 2.47. The molecule has 0 aliphatic rings. The molecule has 23 heavy (non-hydrogen) atoms. The van der Waals surface area contributed by atoms with Crippen molar-refractivity contribution in [2.45, 2.75) is 13.1 Å². The third-order valence-electron chi connectivity index (χ3n) is 3.25. The molecular formula is C17H15F3O3. The maximum Gasteiger partial charge on any atom is 0.416 e. The molecular weight excluding hydrogens is 309 g/mol. The third kappa shape index (κ3) is 3.83. The molecule has 2 aromatic rings. The first-order valence-electron chi connectivity index (χ1n) is 6.89. The van der Waals surface area contributed by atoms with Gasteiger partial charge in [0.15, 0.2) is 0 Å². The summed E-state index contributed by atoms with van der Waals surface area (Å²) in [5.41, 5.74) is 0.472. The number of ether oxygens (including phenoxy) is 2. The minimum atomic E-state index is -4.40. The number of benzene rings is 2. The molecule has 0 amide bonds. The Morgan fingerprint density at radius 1 is 1.09 bits per heavy atom. The molecule has 2 rings (SSSR count). The van der Waals surface area contributed by atoms with Crippen molar-refractivity contribution >= 4 is 5.97 Å². The summed E-state index contributed by atoms with van der Waals surface area (Å²) in [6.07, 6.45) is -4.40. The normalized spacial score (nSPS) is 11.2. The van der Waals surface area contributed by atoms with Crippen LogP contribution in [0.4, 0.5) is 13.2 Å². The fraction of sp³-hybridized carbons (Fsp3) is 0.235. The molecule has 0 unspecified atom stereocenters. The van der Waals surface area contributed by atoms with E-state index < -0.39 is 17.7 Å². The van der Waals surface area contributed by atoms with Gasteiger partial charge >= 0.3 is 12.1 Å². The second-order valence-corrected chi connectivity index (χ2v) is 4.71. The van der Waals surface area contributed by atoms with Crippen LogP contribution in [0.1, 0.15) is 22.8 Å². The average Bonchev–Trinajstić information content (AvgIpc) is 2.54. The van der Waals surface area contributed by atoms with E-state index in [0.717, 1.165) is 12.1 Å². The van der Waals surface area contributed by atoms with Crippen molar-refractivity contribution in [2.75, 3.05) is 13.7 Å². The summed E-state index contributed by atoms with van der Waals surface area (Å²) in [6.45, 7) is 1.87. The smallest absolute Gasteiger partial charge is 0.416 e. The zero-order chi connectivity index (χ0) is 17.0. The Morgan fingerprint density at radius 3 is 2.26 bits per heavy atom. The molecule has 0 bridgehead atoms. The largest absolute Gasteiger partial charge is 0.497 e. The fourth-order valence-electron chi connectivity index (χ4n) is 2.12. The van der Waals surface area contributed by atoms with Crippen molar-refractivity contribution in [3.8, 4) is 16.9 Å². The number of alkyl halides is 3. The first kappa shape index (κ1) is 16.9. The Morgan fingerprint density at radius 2 is 1.74 bits per heavy atom. The van der Waals surface area contributed by atoms with Crippen molar-refractivity contribution in [3.63, 3.8) is 0 Å². The van der Waals surface area contributed by atoms with E-state index in [1.165, 1.54) is 25.3 Å². The second kappa shape index (κ2) is 6.73. The molecule has 6 heteroatoms. The number of carbonyl (C=O) groups excluding carboxylic acids is 1. The fourth-order valence-corrected chi connectivity index (χ4v) is 2.12. The Hall–Kier alpha value is -2.50. The van der Waals surface area contributed by atoms with E-state index in [-0.39, 0.29) is 12.2 Å². The highest BCUT2D eigenvalue weighted by Gasteiger charge is 2.30. The van der Waals surface area contributed by atoms with Crippen LogP contribution in [0.3, 0.4) is 0 Å². The van der Waals surface area contributed by atoms with Gasteiger partial charge in [0.25, 0.3) is 0 Å². The van der Waals surface area contributed by atoms with Crippen molar-refractivity contribution < 1.29 is 27.4 Å². The van der Waals surface area contributed by atoms with Gasteiger partial charge in [-0.25, -0.2) is 4.79 Å². The second-order valence-electron chi connectivity index (χ2n) is 4.71. The quantitative estimate of drug-likeness (QED) is 0.774. The summed E-state index contributed by atoms with van der Waals surface area (Å²) in [4.78, 5) is 12.1. The van der Waals surface area contributed by atoms with E-state index >= 15 is 0 Å². The average molecular weight is 324 g/mol. The van der Waals surface area contributed by atoms with Gasteiger partial charge in [0.05, 0.1) is 24.8 Å². The van der Waals surface area contributed by atoms with Gasteiger partial charge in [-0.2, -0.15) is 13.2 Å². The van der Waals surface area contributed by atoms with E-state index in [1.807, 2.05) is 0 Å². The number of hydrogen-bond donors (Lipinski definition) is 0. The molecule has 0 heterocycles. The molecule has 0 N–H and O–H groups in total. The molecule has 122 valence electrons.